The largest absolute Gasteiger partial charge is 2.00 e. The van der Waals surface area contributed by atoms with Crippen LogP contribution in [0.4, 0.5) is 0 Å². The zero-order valence-corrected chi connectivity index (χ0v) is 38.9. The fourth-order valence-electron chi connectivity index (χ4n) is 7.83. The van der Waals surface area contributed by atoms with Crippen LogP contribution in [0.3, 0.4) is 0 Å². The zero-order valence-electron chi connectivity index (χ0n) is 37.9. The number of aryl methyl sites for hydroxylation is 2. The molecule has 2 nitrogen and oxygen atoms in total. The third kappa shape index (κ3) is 23.6. The first-order valence-corrected chi connectivity index (χ1v) is 23.6. The van der Waals surface area contributed by atoms with Crippen molar-refractivity contribution in [1.82, 2.24) is 0 Å². The van der Waals surface area contributed by atoms with Gasteiger partial charge in [0.15, 0.2) is 0 Å². The molecule has 3 heteroatoms. The Bertz CT molecular complexity index is 1340. The summed E-state index contributed by atoms with van der Waals surface area (Å²) in [6.07, 6.45) is 40.0. The van der Waals surface area contributed by atoms with Crippen LogP contribution in [0.1, 0.15) is 231 Å². The van der Waals surface area contributed by atoms with Gasteiger partial charge in [0.25, 0.3) is 0 Å². The topological polar surface area (TPSA) is 25.3 Å². The maximum absolute atomic E-state index is 11.9. The van der Waals surface area contributed by atoms with Gasteiger partial charge in [0.05, 0.1) is 0 Å². The number of allylic oxidation sites excluding steroid dienone is 4. The first-order chi connectivity index (χ1) is 27.5. The first kappa shape index (κ1) is 54.5. The van der Waals surface area contributed by atoms with Crippen molar-refractivity contribution < 1.29 is 21.2 Å². The van der Waals surface area contributed by atoms with Crippen LogP contribution in [0.15, 0.2) is 71.8 Å². The van der Waals surface area contributed by atoms with Crippen LogP contribution in [0.25, 0.3) is 16.9 Å². The van der Waals surface area contributed by atoms with E-state index < -0.39 is 0 Å². The number of rotatable bonds is 30. The molecule has 3 rings (SSSR count). The van der Waals surface area contributed by atoms with E-state index in [1.165, 1.54) is 176 Å². The van der Waals surface area contributed by atoms with E-state index in [0.717, 1.165) is 61.0 Å². The molecule has 2 aromatic carbocycles. The fourth-order valence-corrected chi connectivity index (χ4v) is 7.83. The smallest absolute Gasteiger partial charge is 0.518 e. The molecule has 0 fully saturated rings. The Kier molecular flexibility index (Phi) is 36.1. The quantitative estimate of drug-likeness (QED) is 0.0325. The van der Waals surface area contributed by atoms with Crippen LogP contribution in [0, 0.1) is 13.2 Å². The van der Waals surface area contributed by atoms with Crippen molar-refractivity contribution in [2.45, 2.75) is 221 Å². The summed E-state index contributed by atoms with van der Waals surface area (Å²) in [7, 11) is 0. The van der Waals surface area contributed by atoms with E-state index in [4.69, 9.17) is 13.2 Å². The van der Waals surface area contributed by atoms with Crippen molar-refractivity contribution in [3.63, 3.8) is 0 Å². The van der Waals surface area contributed by atoms with E-state index >= 15 is 0 Å². The van der Waals surface area contributed by atoms with Crippen LogP contribution in [0.5, 0.6) is 0 Å². The number of hydrogen-bond donors (Lipinski definition) is 0. The minimum absolute atomic E-state index is 0. The number of unbranched alkanes of at least 4 members (excludes halogenated alkanes) is 21. The van der Waals surface area contributed by atoms with Crippen molar-refractivity contribution in [3.05, 3.63) is 113 Å². The summed E-state index contributed by atoms with van der Waals surface area (Å²) in [5.41, 5.74) is 21.7. The van der Waals surface area contributed by atoms with E-state index in [-0.39, 0.29) is 16.5 Å². The Morgan fingerprint density at radius 1 is 0.421 bits per heavy atom. The minimum Gasteiger partial charge on any atom is -0.518 e. The van der Waals surface area contributed by atoms with E-state index in [1.807, 2.05) is 0 Å². The molecule has 0 N–H and O–H groups in total. The Hall–Kier alpha value is -2.51. The maximum atomic E-state index is 11.9. The van der Waals surface area contributed by atoms with E-state index in [2.05, 4.69) is 76.2 Å². The molecule has 0 saturated carbocycles. The third-order valence-corrected chi connectivity index (χ3v) is 11.1. The van der Waals surface area contributed by atoms with Crippen molar-refractivity contribution in [3.8, 4) is 0 Å². The second-order valence-electron chi connectivity index (χ2n) is 16.1. The van der Waals surface area contributed by atoms with Gasteiger partial charge in [0.1, 0.15) is 0 Å². The standard InChI is InChI=1S/C48H76N2.2C3H5.Ni/c1-5-9-12-14-15-16-17-18-19-20-21-22-23-24-25-26-27-28-30-42-35-39-44(40-36-42)48-46(32-29-13-10-6-2)45(31-11-7-3)47(50(48)49)43-37-33-41(8-4)34-38-43;2*1-3-2;/h33-40H,5-32H2,1-4H3;2*1,3H,2H3;/q;2*-1;+2. The monoisotopic (exact) mass is 821 g/mol. The summed E-state index contributed by atoms with van der Waals surface area (Å²) < 4.78 is 1.55. The van der Waals surface area contributed by atoms with Crippen LogP contribution in [-0.2, 0) is 29.3 Å². The van der Waals surface area contributed by atoms with Gasteiger partial charge < -0.3 is 18.7 Å². The molecule has 0 bridgehead atoms. The van der Waals surface area contributed by atoms with E-state index in [0.29, 0.717) is 0 Å². The van der Waals surface area contributed by atoms with Crippen molar-refractivity contribution in [2.24, 2.45) is 0 Å². The van der Waals surface area contributed by atoms with Gasteiger partial charge in [-0.1, -0.05) is 201 Å². The van der Waals surface area contributed by atoms with Crippen molar-refractivity contribution >= 4 is 11.4 Å². The summed E-state index contributed by atoms with van der Waals surface area (Å²) in [5.74, 6) is 0. The maximum Gasteiger partial charge on any atom is 2.00 e. The molecule has 0 amide bonds. The Labute approximate surface area is 365 Å². The average molecular weight is 822 g/mol. The second-order valence-corrected chi connectivity index (χ2v) is 16.1. The molecule has 0 atom stereocenters. The molecule has 2 aromatic rings. The van der Waals surface area contributed by atoms with E-state index in [1.54, 1.807) is 18.5 Å². The first-order valence-electron chi connectivity index (χ1n) is 23.6. The average Bonchev–Trinajstić information content (AvgIpc) is 3.49. The number of hydrogen-bond acceptors (Lipinski definition) is 0. The molecule has 0 spiro atoms. The minimum atomic E-state index is 0. The molecule has 0 aliphatic carbocycles. The van der Waals surface area contributed by atoms with Crippen molar-refractivity contribution in [2.75, 3.05) is 0 Å². The predicted octanol–water partition coefficient (Wildman–Crippen LogP) is 18.2. The molecular weight excluding hydrogens is 735 g/mol. The van der Waals surface area contributed by atoms with Crippen LogP contribution < -0.4 is 0 Å². The van der Waals surface area contributed by atoms with Gasteiger partial charge in [0, 0.05) is 22.3 Å². The molecule has 0 unspecified atom stereocenters. The molecule has 0 radical (unpaired) electrons. The van der Waals surface area contributed by atoms with Crippen molar-refractivity contribution in [1.29, 1.82) is 0 Å². The SMILES string of the molecule is CCCCCCCCCCCCCCCCCCCCc1ccc(C2=C(CCCCCC)C(CCCC)=C(c3ccc(CC)cc3)[N+]2=[N-])cc1.[CH-]=CC.[CH-]=CC.[Ni+2]. The predicted molar refractivity (Wildman–Crippen MR) is 250 cm³/mol. The molecule has 0 aromatic heterocycles. The van der Waals surface area contributed by atoms with E-state index in [9.17, 15) is 5.53 Å². The van der Waals surface area contributed by atoms with Crippen LogP contribution in [0.2, 0.25) is 0 Å². The normalized spacial score (nSPS) is 12.1. The zero-order chi connectivity index (χ0) is 41.1. The summed E-state index contributed by atoms with van der Waals surface area (Å²) in [6, 6.07) is 18.1. The van der Waals surface area contributed by atoms with Gasteiger partial charge in [-0.2, -0.15) is 0 Å². The summed E-state index contributed by atoms with van der Waals surface area (Å²) in [4.78, 5) is 0. The Balaban J connectivity index is 0.00000420. The van der Waals surface area contributed by atoms with Gasteiger partial charge in [-0.3, -0.25) is 12.2 Å². The molecular formula is C54H86N2Ni. The van der Waals surface area contributed by atoms with Crippen LogP contribution >= 0.6 is 0 Å². The number of nitrogens with zero attached hydrogens (tertiary/aromatic N) is 2. The Morgan fingerprint density at radius 2 is 0.702 bits per heavy atom. The molecule has 1 aliphatic rings. The molecule has 322 valence electrons. The van der Waals surface area contributed by atoms with Gasteiger partial charge in [-0.25, -0.2) is 4.70 Å². The molecule has 57 heavy (non-hydrogen) atoms. The number of benzene rings is 2. The van der Waals surface area contributed by atoms with Crippen LogP contribution in [-0.4, -0.2) is 4.70 Å². The molecule has 1 heterocycles. The van der Waals surface area contributed by atoms with Gasteiger partial charge in [-0.15, -0.1) is 0 Å². The fraction of sp³-hybridized carbons (Fsp3) is 0.630. The van der Waals surface area contributed by atoms with Gasteiger partial charge >= 0.3 is 16.5 Å². The molecule has 1 aliphatic heterocycles. The van der Waals surface area contributed by atoms with Gasteiger partial charge in [0.2, 0.25) is 11.4 Å². The summed E-state index contributed by atoms with van der Waals surface area (Å²) in [5, 5.41) is 0. The molecule has 0 saturated heterocycles. The third-order valence-electron chi connectivity index (χ3n) is 11.1. The second kappa shape index (κ2) is 37.7. The van der Waals surface area contributed by atoms with Gasteiger partial charge in [-0.05, 0) is 80.3 Å². The summed E-state index contributed by atoms with van der Waals surface area (Å²) >= 11 is 0. The summed E-state index contributed by atoms with van der Waals surface area (Å²) in [6.45, 7) is 22.1. The Morgan fingerprint density at radius 3 is 1.05 bits per heavy atom.